The van der Waals surface area contributed by atoms with Crippen molar-refractivity contribution in [2.75, 3.05) is 5.32 Å². The highest BCUT2D eigenvalue weighted by molar-refractivity contribution is 5.83. The molecule has 0 heterocycles. The number of hydrogen-bond donors (Lipinski definition) is 3. The molecule has 0 unspecified atom stereocenters. The molecule has 18 heavy (non-hydrogen) atoms. The summed E-state index contributed by atoms with van der Waals surface area (Å²) in [5, 5.41) is 12.2. The Bertz CT molecular complexity index is 443. The second-order valence-electron chi connectivity index (χ2n) is 3.31. The zero-order valence-corrected chi connectivity index (χ0v) is 8.91. The number of alkyl halides is 3. The van der Waals surface area contributed by atoms with Gasteiger partial charge in [0.2, 0.25) is 0 Å². The minimum atomic E-state index is -4.91. The highest BCUT2D eigenvalue weighted by Gasteiger charge is 2.38. The lowest BCUT2D eigenvalue weighted by molar-refractivity contribution is -0.173. The molecule has 2 amide bonds. The summed E-state index contributed by atoms with van der Waals surface area (Å²) in [5.74, 6) is -2.02. The van der Waals surface area contributed by atoms with E-state index >= 15 is 0 Å². The molecule has 0 saturated carbocycles. The number of carbonyl (C=O) groups excluding carboxylic acids is 1. The summed E-state index contributed by atoms with van der Waals surface area (Å²) in [5.41, 5.74) is 0.705. The van der Waals surface area contributed by atoms with E-state index in [-0.39, 0.29) is 12.2 Å². The minimum absolute atomic E-state index is 0.286. The first-order chi connectivity index (χ1) is 8.29. The standard InChI is InChI=1S/C10H9F3N2O3/c11-10(12,13)8(16)14-5-6-1-3-7(4-2-6)15-9(17)18/h1-4,15H,5H2,(H,14,16)(H,17,18). The lowest BCUT2D eigenvalue weighted by Gasteiger charge is -2.08. The van der Waals surface area contributed by atoms with E-state index in [0.29, 0.717) is 5.56 Å². The van der Waals surface area contributed by atoms with Crippen LogP contribution in [0.1, 0.15) is 5.56 Å². The van der Waals surface area contributed by atoms with Crippen LogP contribution in [0.15, 0.2) is 24.3 Å². The van der Waals surface area contributed by atoms with E-state index in [1.165, 1.54) is 24.3 Å². The van der Waals surface area contributed by atoms with Crippen molar-refractivity contribution in [3.05, 3.63) is 29.8 Å². The van der Waals surface area contributed by atoms with E-state index in [1.54, 1.807) is 5.32 Å². The first-order valence-corrected chi connectivity index (χ1v) is 4.73. The molecule has 0 spiro atoms. The summed E-state index contributed by atoms with van der Waals surface area (Å²) >= 11 is 0. The van der Waals surface area contributed by atoms with Crippen LogP contribution in [0.5, 0.6) is 0 Å². The molecule has 0 bridgehead atoms. The Morgan fingerprint density at radius 2 is 1.72 bits per heavy atom. The highest BCUT2D eigenvalue weighted by Crippen LogP contribution is 2.15. The molecule has 0 aliphatic heterocycles. The maximum Gasteiger partial charge on any atom is 0.471 e. The van der Waals surface area contributed by atoms with E-state index in [2.05, 4.69) is 5.32 Å². The van der Waals surface area contributed by atoms with Crippen molar-refractivity contribution < 1.29 is 27.9 Å². The summed E-state index contributed by atoms with van der Waals surface area (Å²) in [4.78, 5) is 20.8. The number of carbonyl (C=O) groups is 2. The zero-order valence-electron chi connectivity index (χ0n) is 8.91. The summed E-state index contributed by atoms with van der Waals surface area (Å²) in [6.07, 6.45) is -6.15. The first kappa shape index (κ1) is 13.8. The molecule has 1 aromatic carbocycles. The number of benzene rings is 1. The van der Waals surface area contributed by atoms with Crippen molar-refractivity contribution in [1.29, 1.82) is 0 Å². The van der Waals surface area contributed by atoms with Crippen molar-refractivity contribution in [1.82, 2.24) is 5.32 Å². The van der Waals surface area contributed by atoms with Gasteiger partial charge in [0, 0.05) is 12.2 Å². The monoisotopic (exact) mass is 262 g/mol. The summed E-state index contributed by atoms with van der Waals surface area (Å²) in [7, 11) is 0. The van der Waals surface area contributed by atoms with Crippen LogP contribution in [-0.4, -0.2) is 23.3 Å². The van der Waals surface area contributed by atoms with Crippen molar-refractivity contribution in [3.63, 3.8) is 0 Å². The number of hydrogen-bond acceptors (Lipinski definition) is 2. The lowest BCUT2D eigenvalue weighted by atomic mass is 10.2. The number of rotatable bonds is 3. The van der Waals surface area contributed by atoms with Crippen LogP contribution in [0.2, 0.25) is 0 Å². The van der Waals surface area contributed by atoms with Crippen LogP contribution in [-0.2, 0) is 11.3 Å². The van der Waals surface area contributed by atoms with E-state index < -0.39 is 18.2 Å². The Kier molecular flexibility index (Phi) is 4.13. The highest BCUT2D eigenvalue weighted by atomic mass is 19.4. The van der Waals surface area contributed by atoms with Gasteiger partial charge in [0.05, 0.1) is 0 Å². The van der Waals surface area contributed by atoms with Crippen molar-refractivity contribution in [2.24, 2.45) is 0 Å². The van der Waals surface area contributed by atoms with Gasteiger partial charge in [-0.15, -0.1) is 0 Å². The number of nitrogens with one attached hydrogen (secondary N) is 2. The fourth-order valence-electron chi connectivity index (χ4n) is 1.11. The maximum absolute atomic E-state index is 11.9. The third kappa shape index (κ3) is 4.32. The molecule has 1 rings (SSSR count). The second kappa shape index (κ2) is 5.39. The quantitative estimate of drug-likeness (QED) is 0.779. The molecule has 8 heteroatoms. The molecule has 98 valence electrons. The Labute approximate surface area is 99.6 Å². The second-order valence-corrected chi connectivity index (χ2v) is 3.31. The van der Waals surface area contributed by atoms with Gasteiger partial charge in [-0.1, -0.05) is 12.1 Å². The number of amides is 2. The molecule has 0 atom stereocenters. The molecular formula is C10H9F3N2O3. The van der Waals surface area contributed by atoms with Gasteiger partial charge in [-0.3, -0.25) is 10.1 Å². The molecule has 0 saturated heterocycles. The van der Waals surface area contributed by atoms with Gasteiger partial charge in [0.1, 0.15) is 0 Å². The molecule has 0 aromatic heterocycles. The third-order valence-corrected chi connectivity index (χ3v) is 1.92. The molecule has 0 aliphatic carbocycles. The van der Waals surface area contributed by atoms with Gasteiger partial charge in [-0.2, -0.15) is 13.2 Å². The molecule has 1 aromatic rings. The van der Waals surface area contributed by atoms with Crippen LogP contribution >= 0.6 is 0 Å². The van der Waals surface area contributed by atoms with Gasteiger partial charge < -0.3 is 10.4 Å². The van der Waals surface area contributed by atoms with Crippen LogP contribution < -0.4 is 10.6 Å². The van der Waals surface area contributed by atoms with E-state index in [4.69, 9.17) is 5.11 Å². The molecule has 3 N–H and O–H groups in total. The van der Waals surface area contributed by atoms with Crippen LogP contribution in [0.3, 0.4) is 0 Å². The predicted octanol–water partition coefficient (Wildman–Crippen LogP) is 1.95. The van der Waals surface area contributed by atoms with Gasteiger partial charge in [0.25, 0.3) is 0 Å². The van der Waals surface area contributed by atoms with Gasteiger partial charge in [-0.25, -0.2) is 4.79 Å². The Hall–Kier alpha value is -2.25. The zero-order chi connectivity index (χ0) is 13.8. The van der Waals surface area contributed by atoms with Crippen molar-refractivity contribution >= 4 is 17.7 Å². The van der Waals surface area contributed by atoms with Crippen molar-refractivity contribution in [2.45, 2.75) is 12.7 Å². The molecule has 0 radical (unpaired) electrons. The molecule has 5 nitrogen and oxygen atoms in total. The largest absolute Gasteiger partial charge is 0.471 e. The Morgan fingerprint density at radius 1 is 1.17 bits per heavy atom. The van der Waals surface area contributed by atoms with Gasteiger partial charge in [-0.05, 0) is 17.7 Å². The molecule has 0 fully saturated rings. The van der Waals surface area contributed by atoms with E-state index in [1.807, 2.05) is 0 Å². The summed E-state index contributed by atoms with van der Waals surface area (Å²) in [6, 6.07) is 5.57. The van der Waals surface area contributed by atoms with Gasteiger partial charge in [0.15, 0.2) is 0 Å². The minimum Gasteiger partial charge on any atom is -0.465 e. The third-order valence-electron chi connectivity index (χ3n) is 1.92. The predicted molar refractivity (Wildman–Crippen MR) is 56.0 cm³/mol. The Morgan fingerprint density at radius 3 is 2.17 bits per heavy atom. The SMILES string of the molecule is O=C(O)Nc1ccc(CNC(=O)C(F)(F)F)cc1. The molecular weight excluding hydrogens is 253 g/mol. The summed E-state index contributed by atoms with van der Waals surface area (Å²) in [6.45, 7) is -0.286. The average Bonchev–Trinajstić information content (AvgIpc) is 2.25. The fraction of sp³-hybridized carbons (Fsp3) is 0.200. The lowest BCUT2D eigenvalue weighted by Crippen LogP contribution is -2.36. The maximum atomic E-state index is 11.9. The fourth-order valence-corrected chi connectivity index (χ4v) is 1.11. The summed E-state index contributed by atoms with van der Waals surface area (Å²) < 4.78 is 35.6. The number of anilines is 1. The average molecular weight is 262 g/mol. The van der Waals surface area contributed by atoms with Crippen LogP contribution in [0.25, 0.3) is 0 Å². The topological polar surface area (TPSA) is 78.4 Å². The number of carboxylic acid groups (broad SMARTS) is 1. The van der Waals surface area contributed by atoms with E-state index in [0.717, 1.165) is 0 Å². The Balaban J connectivity index is 2.54. The number of halogens is 3. The van der Waals surface area contributed by atoms with Crippen molar-refractivity contribution in [3.8, 4) is 0 Å². The normalized spacial score (nSPS) is 10.8. The first-order valence-electron chi connectivity index (χ1n) is 4.73. The smallest absolute Gasteiger partial charge is 0.465 e. The molecule has 0 aliphatic rings. The van der Waals surface area contributed by atoms with Crippen LogP contribution in [0, 0.1) is 0 Å². The van der Waals surface area contributed by atoms with Crippen LogP contribution in [0.4, 0.5) is 23.7 Å². The van der Waals surface area contributed by atoms with Gasteiger partial charge >= 0.3 is 18.2 Å². The van der Waals surface area contributed by atoms with E-state index in [9.17, 15) is 22.8 Å².